The quantitative estimate of drug-likeness (QED) is 0.729. The maximum Gasteiger partial charge on any atom is 0.323 e. The van der Waals surface area contributed by atoms with E-state index in [9.17, 15) is 0 Å². The Labute approximate surface area is 122 Å². The van der Waals surface area contributed by atoms with E-state index in [-0.39, 0.29) is 6.10 Å². The van der Waals surface area contributed by atoms with Crippen LogP contribution in [0.1, 0.15) is 41.5 Å². The van der Waals surface area contributed by atoms with Crippen molar-refractivity contribution >= 4 is 11.9 Å². The first-order valence-electron chi connectivity index (χ1n) is 7.48. The first kappa shape index (κ1) is 16.5. The zero-order valence-corrected chi connectivity index (χ0v) is 13.6. The number of aromatic nitrogens is 3. The van der Waals surface area contributed by atoms with Crippen LogP contribution in [0.25, 0.3) is 0 Å². The fourth-order valence-corrected chi connectivity index (χ4v) is 1.89. The maximum absolute atomic E-state index is 5.66. The summed E-state index contributed by atoms with van der Waals surface area (Å²) in [5.74, 6) is 1.37. The van der Waals surface area contributed by atoms with E-state index in [0.717, 1.165) is 26.2 Å². The lowest BCUT2D eigenvalue weighted by Crippen LogP contribution is -2.29. The predicted octanol–water partition coefficient (Wildman–Crippen LogP) is 2.35. The van der Waals surface area contributed by atoms with Crippen molar-refractivity contribution in [2.45, 2.75) is 47.6 Å². The van der Waals surface area contributed by atoms with Gasteiger partial charge in [-0.3, -0.25) is 0 Å². The van der Waals surface area contributed by atoms with Crippen LogP contribution in [0, 0.1) is 0 Å². The molecule has 0 aromatic carbocycles. The van der Waals surface area contributed by atoms with Gasteiger partial charge in [-0.2, -0.15) is 15.0 Å². The van der Waals surface area contributed by atoms with Gasteiger partial charge in [-0.15, -0.1) is 0 Å². The van der Waals surface area contributed by atoms with Gasteiger partial charge in [0.25, 0.3) is 0 Å². The van der Waals surface area contributed by atoms with Gasteiger partial charge in [0.2, 0.25) is 11.9 Å². The van der Waals surface area contributed by atoms with Crippen LogP contribution in [0.15, 0.2) is 0 Å². The third kappa shape index (κ3) is 4.21. The van der Waals surface area contributed by atoms with Gasteiger partial charge in [-0.05, 0) is 41.5 Å². The van der Waals surface area contributed by atoms with E-state index in [1.807, 2.05) is 13.8 Å². The Bertz CT molecular complexity index is 372. The van der Waals surface area contributed by atoms with E-state index in [1.165, 1.54) is 0 Å². The van der Waals surface area contributed by atoms with Crippen LogP contribution in [-0.4, -0.2) is 47.2 Å². The first-order chi connectivity index (χ1) is 9.55. The van der Waals surface area contributed by atoms with Gasteiger partial charge < -0.3 is 14.5 Å². The Morgan fingerprint density at radius 3 is 1.50 bits per heavy atom. The molecule has 114 valence electrons. The van der Waals surface area contributed by atoms with Crippen molar-refractivity contribution in [2.75, 3.05) is 36.0 Å². The standard InChI is InChI=1S/C14H27N5O/c1-7-18(8-2)12-15-13(19(9-3)10-4)17-14(16-12)20-11(5)6/h11H,7-10H2,1-6H3. The molecule has 0 aliphatic heterocycles. The van der Waals surface area contributed by atoms with E-state index in [1.54, 1.807) is 0 Å². The number of hydrogen-bond donors (Lipinski definition) is 0. The molecule has 1 aromatic heterocycles. The lowest BCUT2D eigenvalue weighted by Gasteiger charge is -2.23. The SMILES string of the molecule is CCN(CC)c1nc(OC(C)C)nc(N(CC)CC)n1. The number of nitrogens with zero attached hydrogens (tertiary/aromatic N) is 5. The van der Waals surface area contributed by atoms with Crippen LogP contribution >= 0.6 is 0 Å². The van der Waals surface area contributed by atoms with Crippen molar-refractivity contribution < 1.29 is 4.74 Å². The number of hydrogen-bond acceptors (Lipinski definition) is 6. The topological polar surface area (TPSA) is 54.4 Å². The summed E-state index contributed by atoms with van der Waals surface area (Å²) in [6.45, 7) is 15.7. The van der Waals surface area contributed by atoms with Gasteiger partial charge in [-0.1, -0.05) is 0 Å². The third-order valence-corrected chi connectivity index (χ3v) is 3.02. The van der Waals surface area contributed by atoms with Crippen molar-refractivity contribution in [1.29, 1.82) is 0 Å². The largest absolute Gasteiger partial charge is 0.461 e. The lowest BCUT2D eigenvalue weighted by molar-refractivity contribution is 0.221. The number of rotatable bonds is 8. The molecule has 0 bridgehead atoms. The van der Waals surface area contributed by atoms with Crippen LogP contribution in [0.2, 0.25) is 0 Å². The highest BCUT2D eigenvalue weighted by Gasteiger charge is 2.15. The van der Waals surface area contributed by atoms with E-state index in [4.69, 9.17) is 4.74 Å². The summed E-state index contributed by atoms with van der Waals surface area (Å²) >= 11 is 0. The molecule has 0 unspecified atom stereocenters. The molecule has 0 saturated carbocycles. The van der Waals surface area contributed by atoms with Crippen molar-refractivity contribution in [2.24, 2.45) is 0 Å². The second kappa shape index (κ2) is 7.87. The van der Waals surface area contributed by atoms with Gasteiger partial charge in [-0.25, -0.2) is 0 Å². The minimum absolute atomic E-state index is 0.0477. The second-order valence-electron chi connectivity index (χ2n) is 4.73. The zero-order chi connectivity index (χ0) is 15.1. The molecule has 0 fully saturated rings. The Kier molecular flexibility index (Phi) is 6.48. The highest BCUT2D eigenvalue weighted by Crippen LogP contribution is 2.18. The van der Waals surface area contributed by atoms with Crippen LogP contribution in [0.4, 0.5) is 11.9 Å². The molecule has 1 aromatic rings. The minimum atomic E-state index is 0.0477. The van der Waals surface area contributed by atoms with Crippen LogP contribution < -0.4 is 14.5 Å². The lowest BCUT2D eigenvalue weighted by atomic mass is 10.5. The smallest absolute Gasteiger partial charge is 0.323 e. The van der Waals surface area contributed by atoms with Gasteiger partial charge in [0.15, 0.2) is 0 Å². The van der Waals surface area contributed by atoms with Gasteiger partial charge in [0.05, 0.1) is 6.10 Å². The summed E-state index contributed by atoms with van der Waals surface area (Å²) < 4.78 is 5.66. The summed E-state index contributed by atoms with van der Waals surface area (Å²) in [4.78, 5) is 17.6. The van der Waals surface area contributed by atoms with Gasteiger partial charge in [0, 0.05) is 26.2 Å². The molecule has 0 spiro atoms. The Morgan fingerprint density at radius 2 is 1.20 bits per heavy atom. The van der Waals surface area contributed by atoms with E-state index in [0.29, 0.717) is 17.9 Å². The maximum atomic E-state index is 5.66. The number of anilines is 2. The first-order valence-corrected chi connectivity index (χ1v) is 7.48. The van der Waals surface area contributed by atoms with E-state index in [2.05, 4.69) is 52.4 Å². The molecule has 0 amide bonds. The van der Waals surface area contributed by atoms with Crippen molar-refractivity contribution in [3.63, 3.8) is 0 Å². The molecule has 6 heteroatoms. The minimum Gasteiger partial charge on any atom is -0.461 e. The average Bonchev–Trinajstić information content (AvgIpc) is 2.40. The van der Waals surface area contributed by atoms with Crippen LogP contribution in [0.5, 0.6) is 6.01 Å². The van der Waals surface area contributed by atoms with E-state index >= 15 is 0 Å². The highest BCUT2D eigenvalue weighted by molar-refractivity contribution is 5.40. The third-order valence-electron chi connectivity index (χ3n) is 3.02. The summed E-state index contributed by atoms with van der Waals surface area (Å²) in [6.07, 6.45) is 0.0477. The molecule has 0 N–H and O–H groups in total. The molecule has 0 aliphatic carbocycles. The fraction of sp³-hybridized carbons (Fsp3) is 0.786. The van der Waals surface area contributed by atoms with Crippen molar-refractivity contribution in [3.05, 3.63) is 0 Å². The normalized spacial score (nSPS) is 10.8. The van der Waals surface area contributed by atoms with Crippen molar-refractivity contribution in [1.82, 2.24) is 15.0 Å². The Balaban J connectivity index is 3.19. The Hall–Kier alpha value is -1.59. The predicted molar refractivity (Wildman–Crippen MR) is 82.7 cm³/mol. The van der Waals surface area contributed by atoms with Gasteiger partial charge >= 0.3 is 6.01 Å². The molecular formula is C14H27N5O. The monoisotopic (exact) mass is 281 g/mol. The molecule has 0 atom stereocenters. The Morgan fingerprint density at radius 1 is 0.800 bits per heavy atom. The van der Waals surface area contributed by atoms with Crippen LogP contribution in [0.3, 0.4) is 0 Å². The van der Waals surface area contributed by atoms with Gasteiger partial charge in [0.1, 0.15) is 0 Å². The molecule has 6 nitrogen and oxygen atoms in total. The molecule has 0 saturated heterocycles. The summed E-state index contributed by atoms with van der Waals surface area (Å²) in [6, 6.07) is 0.402. The summed E-state index contributed by atoms with van der Waals surface area (Å²) in [5.41, 5.74) is 0. The highest BCUT2D eigenvalue weighted by atomic mass is 16.5. The van der Waals surface area contributed by atoms with Crippen molar-refractivity contribution in [3.8, 4) is 6.01 Å². The molecule has 20 heavy (non-hydrogen) atoms. The second-order valence-corrected chi connectivity index (χ2v) is 4.73. The average molecular weight is 281 g/mol. The fourth-order valence-electron chi connectivity index (χ4n) is 1.89. The molecule has 1 heterocycles. The molecule has 0 aliphatic rings. The zero-order valence-electron chi connectivity index (χ0n) is 13.6. The molecular weight excluding hydrogens is 254 g/mol. The molecule has 1 rings (SSSR count). The summed E-state index contributed by atoms with van der Waals surface area (Å²) in [7, 11) is 0. The molecule has 0 radical (unpaired) electrons. The summed E-state index contributed by atoms with van der Waals surface area (Å²) in [5, 5.41) is 0. The van der Waals surface area contributed by atoms with Crippen LogP contribution in [-0.2, 0) is 0 Å². The van der Waals surface area contributed by atoms with E-state index < -0.39 is 0 Å². The number of ether oxygens (including phenoxy) is 1.